The van der Waals surface area contributed by atoms with Gasteiger partial charge >= 0.3 is 0 Å². The van der Waals surface area contributed by atoms with Gasteiger partial charge in [-0.3, -0.25) is 4.79 Å². The zero-order chi connectivity index (χ0) is 14.0. The molecule has 0 radical (unpaired) electrons. The monoisotopic (exact) mass is 261 g/mol. The van der Waals surface area contributed by atoms with Crippen molar-refractivity contribution in [2.75, 3.05) is 13.1 Å². The summed E-state index contributed by atoms with van der Waals surface area (Å²) in [5.41, 5.74) is 1.68. The van der Waals surface area contributed by atoms with Gasteiger partial charge in [0.05, 0.1) is 0 Å². The van der Waals surface area contributed by atoms with E-state index in [0.29, 0.717) is 16.5 Å². The number of hydrogen-bond donors (Lipinski definition) is 1. The first-order valence-corrected chi connectivity index (χ1v) is 7.05. The number of rotatable bonds is 2. The van der Waals surface area contributed by atoms with Gasteiger partial charge in [-0.05, 0) is 37.3 Å². The number of amides is 1. The molecule has 0 aromatic heterocycles. The normalized spacial score (nSPS) is 18.4. The maximum atomic E-state index is 12.5. The van der Waals surface area contributed by atoms with Crippen molar-refractivity contribution in [3.05, 3.63) is 29.3 Å². The van der Waals surface area contributed by atoms with E-state index in [2.05, 4.69) is 13.8 Å². The summed E-state index contributed by atoms with van der Waals surface area (Å²) in [5, 5.41) is 9.70. The molecule has 1 aliphatic heterocycles. The summed E-state index contributed by atoms with van der Waals surface area (Å²) in [5.74, 6) is 0.243. The van der Waals surface area contributed by atoms with E-state index in [1.807, 2.05) is 4.90 Å². The quantitative estimate of drug-likeness (QED) is 0.887. The van der Waals surface area contributed by atoms with E-state index in [-0.39, 0.29) is 11.7 Å². The van der Waals surface area contributed by atoms with Gasteiger partial charge in [-0.1, -0.05) is 26.3 Å². The summed E-state index contributed by atoms with van der Waals surface area (Å²) in [7, 11) is 0. The average molecular weight is 261 g/mol. The molecule has 1 heterocycles. The second-order valence-electron chi connectivity index (χ2n) is 5.91. The van der Waals surface area contributed by atoms with Crippen LogP contribution in [0.5, 0.6) is 5.75 Å². The number of hydrogen-bond acceptors (Lipinski definition) is 2. The number of likely N-dealkylation sites (tertiary alicyclic amines) is 1. The summed E-state index contributed by atoms with van der Waals surface area (Å²) >= 11 is 0. The van der Waals surface area contributed by atoms with Crippen LogP contribution in [0.3, 0.4) is 0 Å². The molecular formula is C16H23NO2. The van der Waals surface area contributed by atoms with Gasteiger partial charge in [0.15, 0.2) is 0 Å². The van der Waals surface area contributed by atoms with E-state index < -0.39 is 0 Å². The third-order valence-electron chi connectivity index (χ3n) is 4.65. The lowest BCUT2D eigenvalue weighted by Crippen LogP contribution is -2.42. The summed E-state index contributed by atoms with van der Waals surface area (Å²) in [6.45, 7) is 7.95. The Kier molecular flexibility index (Phi) is 3.83. The molecule has 0 saturated carbocycles. The minimum Gasteiger partial charge on any atom is -0.508 e. The highest BCUT2D eigenvalue weighted by Crippen LogP contribution is 2.34. The van der Waals surface area contributed by atoms with Crippen molar-refractivity contribution in [3.63, 3.8) is 0 Å². The molecule has 1 amide bonds. The molecule has 3 heteroatoms. The van der Waals surface area contributed by atoms with E-state index in [1.54, 1.807) is 25.1 Å². The summed E-state index contributed by atoms with van der Waals surface area (Å²) in [4.78, 5) is 14.4. The number of carbonyl (C=O) groups is 1. The fraction of sp³-hybridized carbons (Fsp3) is 0.562. The van der Waals surface area contributed by atoms with E-state index in [4.69, 9.17) is 0 Å². The van der Waals surface area contributed by atoms with Crippen LogP contribution < -0.4 is 0 Å². The highest BCUT2D eigenvalue weighted by Gasteiger charge is 2.31. The number of benzene rings is 1. The first-order valence-electron chi connectivity index (χ1n) is 7.05. The topological polar surface area (TPSA) is 40.5 Å². The second-order valence-corrected chi connectivity index (χ2v) is 5.91. The molecule has 2 rings (SSSR count). The Labute approximate surface area is 115 Å². The molecule has 0 bridgehead atoms. The van der Waals surface area contributed by atoms with Crippen LogP contribution in [-0.4, -0.2) is 29.0 Å². The molecule has 3 nitrogen and oxygen atoms in total. The van der Waals surface area contributed by atoms with Gasteiger partial charge in [0, 0.05) is 24.2 Å². The lowest BCUT2D eigenvalue weighted by atomic mass is 9.78. The standard InChI is InChI=1S/C16H23NO2/c1-4-16(3)8-10-17(11-9-16)15(19)13-6-5-7-14(18)12(13)2/h5-7,18H,4,8-11H2,1-3H3. The largest absolute Gasteiger partial charge is 0.508 e. The van der Waals surface area contributed by atoms with Gasteiger partial charge in [0.1, 0.15) is 5.75 Å². The van der Waals surface area contributed by atoms with Gasteiger partial charge in [-0.2, -0.15) is 0 Å². The van der Waals surface area contributed by atoms with E-state index >= 15 is 0 Å². The molecule has 1 saturated heterocycles. The Bertz CT molecular complexity index is 474. The Morgan fingerprint density at radius 1 is 1.37 bits per heavy atom. The summed E-state index contributed by atoms with van der Waals surface area (Å²) in [6.07, 6.45) is 3.29. The lowest BCUT2D eigenvalue weighted by Gasteiger charge is -2.39. The van der Waals surface area contributed by atoms with Gasteiger partial charge in [0.25, 0.3) is 5.91 Å². The average Bonchev–Trinajstić information content (AvgIpc) is 2.42. The first-order chi connectivity index (χ1) is 8.97. The second kappa shape index (κ2) is 5.24. The summed E-state index contributed by atoms with van der Waals surface area (Å²) in [6, 6.07) is 5.15. The number of carbonyl (C=O) groups excluding carboxylic acids is 1. The lowest BCUT2D eigenvalue weighted by molar-refractivity contribution is 0.0599. The van der Waals surface area contributed by atoms with E-state index in [1.165, 1.54) is 6.42 Å². The van der Waals surface area contributed by atoms with Crippen LogP contribution in [0.25, 0.3) is 0 Å². The highest BCUT2D eigenvalue weighted by molar-refractivity contribution is 5.96. The van der Waals surface area contributed by atoms with Crippen molar-refractivity contribution in [2.45, 2.75) is 40.0 Å². The van der Waals surface area contributed by atoms with Crippen molar-refractivity contribution in [1.29, 1.82) is 0 Å². The zero-order valence-electron chi connectivity index (χ0n) is 12.1. The molecule has 0 unspecified atom stereocenters. The number of phenolic OH excluding ortho intramolecular Hbond substituents is 1. The molecule has 0 atom stereocenters. The molecular weight excluding hydrogens is 238 g/mol. The minimum atomic E-state index is 0.0477. The third kappa shape index (κ3) is 2.75. The van der Waals surface area contributed by atoms with Crippen molar-refractivity contribution in [3.8, 4) is 5.75 Å². The number of phenols is 1. The molecule has 104 valence electrons. The van der Waals surface area contributed by atoms with Gasteiger partial charge in [-0.25, -0.2) is 0 Å². The molecule has 0 aliphatic carbocycles. The maximum Gasteiger partial charge on any atom is 0.254 e. The van der Waals surface area contributed by atoms with Crippen molar-refractivity contribution in [1.82, 2.24) is 4.90 Å². The van der Waals surface area contributed by atoms with Crippen LogP contribution in [0, 0.1) is 12.3 Å². The van der Waals surface area contributed by atoms with Crippen LogP contribution in [0.1, 0.15) is 49.0 Å². The first kappa shape index (κ1) is 13.9. The number of piperidine rings is 1. The van der Waals surface area contributed by atoms with Crippen LogP contribution in [-0.2, 0) is 0 Å². The van der Waals surface area contributed by atoms with E-state index in [0.717, 1.165) is 25.9 Å². The number of aromatic hydroxyl groups is 1. The molecule has 0 spiro atoms. The van der Waals surface area contributed by atoms with Crippen molar-refractivity contribution >= 4 is 5.91 Å². The van der Waals surface area contributed by atoms with Gasteiger partial charge in [-0.15, -0.1) is 0 Å². The molecule has 1 aliphatic rings. The fourth-order valence-electron chi connectivity index (χ4n) is 2.63. The highest BCUT2D eigenvalue weighted by atomic mass is 16.3. The van der Waals surface area contributed by atoms with Crippen molar-refractivity contribution in [2.24, 2.45) is 5.41 Å². The fourth-order valence-corrected chi connectivity index (χ4v) is 2.63. The Morgan fingerprint density at radius 2 is 2.00 bits per heavy atom. The molecule has 1 aromatic carbocycles. The van der Waals surface area contributed by atoms with Crippen LogP contribution >= 0.6 is 0 Å². The minimum absolute atomic E-state index is 0.0477. The molecule has 1 N–H and O–H groups in total. The van der Waals surface area contributed by atoms with Gasteiger partial charge < -0.3 is 10.0 Å². The van der Waals surface area contributed by atoms with Crippen LogP contribution in [0.15, 0.2) is 18.2 Å². The predicted molar refractivity (Wildman–Crippen MR) is 76.4 cm³/mol. The van der Waals surface area contributed by atoms with Gasteiger partial charge in [0.2, 0.25) is 0 Å². The maximum absolute atomic E-state index is 12.5. The summed E-state index contributed by atoms with van der Waals surface area (Å²) < 4.78 is 0. The zero-order valence-corrected chi connectivity index (χ0v) is 12.1. The van der Waals surface area contributed by atoms with Crippen LogP contribution in [0.2, 0.25) is 0 Å². The Morgan fingerprint density at radius 3 is 2.58 bits per heavy atom. The predicted octanol–water partition coefficient (Wildman–Crippen LogP) is 3.35. The molecule has 19 heavy (non-hydrogen) atoms. The third-order valence-corrected chi connectivity index (χ3v) is 4.65. The van der Waals surface area contributed by atoms with Crippen LogP contribution in [0.4, 0.5) is 0 Å². The number of nitrogens with zero attached hydrogens (tertiary/aromatic N) is 1. The SMILES string of the molecule is CCC1(C)CCN(C(=O)c2cccc(O)c2C)CC1. The molecule has 1 aromatic rings. The molecule has 1 fully saturated rings. The Hall–Kier alpha value is -1.51. The van der Waals surface area contributed by atoms with Crippen molar-refractivity contribution < 1.29 is 9.90 Å². The smallest absolute Gasteiger partial charge is 0.254 e. The Balaban J connectivity index is 2.12. The van der Waals surface area contributed by atoms with E-state index in [9.17, 15) is 9.90 Å².